The van der Waals surface area contributed by atoms with E-state index in [1.165, 1.54) is 0 Å². The second-order valence-electron chi connectivity index (χ2n) is 3.37. The van der Waals surface area contributed by atoms with E-state index >= 15 is 0 Å². The van der Waals surface area contributed by atoms with Gasteiger partial charge in [0.05, 0.1) is 17.3 Å². The number of rotatable bonds is 4. The van der Waals surface area contributed by atoms with Gasteiger partial charge in [-0.2, -0.15) is 4.37 Å². The van der Waals surface area contributed by atoms with E-state index in [4.69, 9.17) is 4.74 Å². The third kappa shape index (κ3) is 3.50. The summed E-state index contributed by atoms with van der Waals surface area (Å²) < 4.78 is 15.8. The predicted molar refractivity (Wildman–Crippen MR) is 63.8 cm³/mol. The number of nitrogens with zero attached hydrogens (tertiary/aromatic N) is 3. The van der Waals surface area contributed by atoms with Crippen molar-refractivity contribution in [1.29, 1.82) is 0 Å². The van der Waals surface area contributed by atoms with Crippen molar-refractivity contribution < 1.29 is 33.3 Å². The molecule has 17 heavy (non-hydrogen) atoms. The lowest BCUT2D eigenvalue weighted by atomic mass is 10.2. The second kappa shape index (κ2) is 6.70. The Kier molecular flexibility index (Phi) is 5.56. The van der Waals surface area contributed by atoms with E-state index < -0.39 is 0 Å². The van der Waals surface area contributed by atoms with Crippen LogP contribution in [0.5, 0.6) is 5.88 Å². The van der Waals surface area contributed by atoms with E-state index in [-0.39, 0.29) is 24.0 Å². The molecule has 0 saturated carbocycles. The summed E-state index contributed by atoms with van der Waals surface area (Å²) in [6.07, 6.45) is 5.61. The minimum atomic E-state index is 0. The van der Waals surface area contributed by atoms with Crippen molar-refractivity contribution in [3.05, 3.63) is 24.5 Å². The molecule has 0 aromatic carbocycles. The molecule has 1 aliphatic heterocycles. The molecule has 0 atom stereocenters. The van der Waals surface area contributed by atoms with Crippen LogP contribution >= 0.6 is 11.7 Å². The van der Waals surface area contributed by atoms with E-state index in [1.807, 2.05) is 24.0 Å². The molecule has 92 valence electrons. The molecule has 1 aromatic heterocycles. The van der Waals surface area contributed by atoms with E-state index in [1.54, 1.807) is 6.08 Å². The summed E-state index contributed by atoms with van der Waals surface area (Å²) in [4.78, 5) is 0. The fourth-order valence-electron chi connectivity index (χ4n) is 1.34. The number of halogens is 1. The predicted octanol–water partition coefficient (Wildman–Crippen LogP) is -2.28. The highest BCUT2D eigenvalue weighted by Crippen LogP contribution is 2.22. The lowest BCUT2D eigenvalue weighted by Gasteiger charge is -2.07. The van der Waals surface area contributed by atoms with Crippen molar-refractivity contribution in [3.8, 4) is 5.88 Å². The van der Waals surface area contributed by atoms with Crippen LogP contribution in [-0.2, 0) is 0 Å². The molecule has 5 nitrogen and oxygen atoms in total. The van der Waals surface area contributed by atoms with Crippen LogP contribution in [0.25, 0.3) is 5.57 Å². The van der Waals surface area contributed by atoms with Crippen LogP contribution in [0.4, 0.5) is 0 Å². The van der Waals surface area contributed by atoms with Crippen LogP contribution in [0.2, 0.25) is 0 Å². The highest BCUT2D eigenvalue weighted by atomic mass is 127. The maximum atomic E-state index is 5.43. The maximum Gasteiger partial charge on any atom is 0.254 e. The van der Waals surface area contributed by atoms with Gasteiger partial charge in [0, 0.05) is 6.20 Å². The Hall–Kier alpha value is -0.960. The molecular formula is C10H13IN4OS. The van der Waals surface area contributed by atoms with Crippen molar-refractivity contribution in [2.24, 2.45) is 0 Å². The summed E-state index contributed by atoms with van der Waals surface area (Å²) in [6.45, 7) is 4.84. The minimum absolute atomic E-state index is 0. The fraction of sp³-hybridized carbons (Fsp3) is 0.300. The first kappa shape index (κ1) is 14.1. The van der Waals surface area contributed by atoms with E-state index in [2.05, 4.69) is 20.6 Å². The zero-order chi connectivity index (χ0) is 11.4. The van der Waals surface area contributed by atoms with Gasteiger partial charge in [-0.1, -0.05) is 12.7 Å². The highest BCUT2D eigenvalue weighted by Gasteiger charge is 2.17. The summed E-state index contributed by atoms with van der Waals surface area (Å²) in [5, 5.41) is 3.15. The molecule has 1 aromatic rings. The van der Waals surface area contributed by atoms with Gasteiger partial charge < -0.3 is 34.0 Å². The summed E-state index contributed by atoms with van der Waals surface area (Å²) >= 11 is 1.15. The van der Waals surface area contributed by atoms with Gasteiger partial charge in [-0.15, -0.1) is 4.37 Å². The average Bonchev–Trinajstić information content (AvgIpc) is 2.74. The number of hydrogen-bond acceptors (Lipinski definition) is 5. The van der Waals surface area contributed by atoms with E-state index in [9.17, 15) is 0 Å². The number of hydrogen-bond donors (Lipinski definition) is 1. The summed E-state index contributed by atoms with van der Waals surface area (Å²) in [5.74, 6) is 0.560. The van der Waals surface area contributed by atoms with Crippen molar-refractivity contribution in [3.63, 3.8) is 0 Å². The Labute approximate surface area is 121 Å². The average molecular weight is 364 g/mol. The minimum Gasteiger partial charge on any atom is -1.00 e. The van der Waals surface area contributed by atoms with Gasteiger partial charge in [-0.05, 0) is 0 Å². The van der Waals surface area contributed by atoms with Crippen LogP contribution in [0.15, 0.2) is 18.9 Å². The first-order chi connectivity index (χ1) is 7.81. The third-order valence-electron chi connectivity index (χ3n) is 2.03. The standard InChI is InChI=1S/C10H12N4OS.HI/c1-3-4-15-10-9(12-16-13-10)8-5-11-7-14(2)6-8;/h3,5-6H,1,4,7H2,2H3;1H. The van der Waals surface area contributed by atoms with Crippen molar-refractivity contribution >= 4 is 23.5 Å². The van der Waals surface area contributed by atoms with Gasteiger partial charge in [-0.3, -0.25) is 0 Å². The molecule has 1 aliphatic rings. The van der Waals surface area contributed by atoms with Gasteiger partial charge in [0.15, 0.2) is 11.9 Å². The first-order valence-electron chi connectivity index (χ1n) is 4.86. The van der Waals surface area contributed by atoms with Crippen LogP contribution in [0.3, 0.4) is 0 Å². The SMILES string of the molecule is C=CCOc1nsnc1C1=CNC[N+](C)=C1.[I-]. The van der Waals surface area contributed by atoms with Crippen LogP contribution in [0.1, 0.15) is 5.69 Å². The van der Waals surface area contributed by atoms with Crippen molar-refractivity contribution in [2.45, 2.75) is 0 Å². The molecule has 0 radical (unpaired) electrons. The van der Waals surface area contributed by atoms with Gasteiger partial charge in [0.25, 0.3) is 5.88 Å². The monoisotopic (exact) mass is 364 g/mol. The van der Waals surface area contributed by atoms with Crippen LogP contribution < -0.4 is 34.0 Å². The summed E-state index contributed by atoms with van der Waals surface area (Å²) in [5.41, 5.74) is 1.74. The zero-order valence-corrected chi connectivity index (χ0v) is 12.4. The molecule has 1 N–H and O–H groups in total. The van der Waals surface area contributed by atoms with Gasteiger partial charge >= 0.3 is 0 Å². The Morgan fingerprint density at radius 2 is 2.47 bits per heavy atom. The number of aromatic nitrogens is 2. The molecule has 0 bridgehead atoms. The normalized spacial score (nSPS) is 13.9. The quantitative estimate of drug-likeness (QED) is 0.372. The smallest absolute Gasteiger partial charge is 0.254 e. The molecule has 2 heterocycles. The Balaban J connectivity index is 0.00000144. The van der Waals surface area contributed by atoms with Crippen molar-refractivity contribution in [2.75, 3.05) is 20.3 Å². The second-order valence-corrected chi connectivity index (χ2v) is 3.89. The zero-order valence-electron chi connectivity index (χ0n) is 9.39. The number of allylic oxidation sites excluding steroid dienone is 1. The van der Waals surface area contributed by atoms with E-state index in [0.717, 1.165) is 29.7 Å². The fourth-order valence-corrected chi connectivity index (χ4v) is 1.86. The maximum absolute atomic E-state index is 5.43. The molecule has 0 aliphatic carbocycles. The third-order valence-corrected chi connectivity index (χ3v) is 2.54. The Morgan fingerprint density at radius 3 is 3.18 bits per heavy atom. The van der Waals surface area contributed by atoms with Crippen LogP contribution in [-0.4, -0.2) is 39.9 Å². The molecule has 0 amide bonds. The lowest BCUT2D eigenvalue weighted by molar-refractivity contribution is -0.496. The molecule has 2 rings (SSSR count). The first-order valence-corrected chi connectivity index (χ1v) is 5.59. The van der Waals surface area contributed by atoms with Gasteiger partial charge in [0.2, 0.25) is 6.67 Å². The highest BCUT2D eigenvalue weighted by molar-refractivity contribution is 6.99. The molecule has 0 fully saturated rings. The van der Waals surface area contributed by atoms with Crippen LogP contribution in [0, 0.1) is 0 Å². The number of ether oxygens (including phenoxy) is 1. The Bertz CT molecular complexity index is 455. The summed E-state index contributed by atoms with van der Waals surface area (Å²) in [7, 11) is 1.99. The Morgan fingerprint density at radius 1 is 1.65 bits per heavy atom. The number of nitrogens with one attached hydrogen (secondary N) is 1. The van der Waals surface area contributed by atoms with E-state index in [0.29, 0.717) is 12.5 Å². The molecule has 0 saturated heterocycles. The summed E-state index contributed by atoms with van der Waals surface area (Å²) in [6, 6.07) is 0. The largest absolute Gasteiger partial charge is 1.00 e. The van der Waals surface area contributed by atoms with Gasteiger partial charge in [-0.25, -0.2) is 4.58 Å². The van der Waals surface area contributed by atoms with Crippen molar-refractivity contribution in [1.82, 2.24) is 14.1 Å². The molecule has 0 spiro atoms. The molecule has 0 unspecified atom stereocenters. The molecule has 7 heteroatoms. The molecular weight excluding hydrogens is 351 g/mol. The van der Waals surface area contributed by atoms with Gasteiger partial charge in [0.1, 0.15) is 13.7 Å². The topological polar surface area (TPSA) is 50.1 Å². The lowest BCUT2D eigenvalue weighted by Crippen LogP contribution is -3.00.